The van der Waals surface area contributed by atoms with Crippen molar-refractivity contribution in [2.75, 3.05) is 7.11 Å². The molecule has 0 aliphatic rings. The van der Waals surface area contributed by atoms with Crippen molar-refractivity contribution in [1.82, 2.24) is 19.6 Å². The molecular formula is C20H16N4O3. The van der Waals surface area contributed by atoms with Gasteiger partial charge in [0, 0.05) is 23.7 Å². The third-order valence-corrected chi connectivity index (χ3v) is 4.25. The summed E-state index contributed by atoms with van der Waals surface area (Å²) >= 11 is 0. The van der Waals surface area contributed by atoms with Crippen molar-refractivity contribution in [2.45, 2.75) is 6.42 Å². The number of aromatic nitrogens is 4. The molecular weight excluding hydrogens is 344 g/mol. The molecule has 0 radical (unpaired) electrons. The summed E-state index contributed by atoms with van der Waals surface area (Å²) in [6, 6.07) is 13.6. The van der Waals surface area contributed by atoms with Gasteiger partial charge in [-0.1, -0.05) is 30.3 Å². The van der Waals surface area contributed by atoms with E-state index in [1.807, 2.05) is 48.7 Å². The zero-order valence-corrected chi connectivity index (χ0v) is 14.5. The highest BCUT2D eigenvalue weighted by Gasteiger charge is 2.17. The van der Waals surface area contributed by atoms with Gasteiger partial charge in [0.05, 0.1) is 36.4 Å². The van der Waals surface area contributed by atoms with Crippen molar-refractivity contribution < 1.29 is 14.6 Å². The number of nitrogens with zero attached hydrogens (tertiary/aromatic N) is 4. The fourth-order valence-electron chi connectivity index (χ4n) is 2.98. The third kappa shape index (κ3) is 3.22. The van der Waals surface area contributed by atoms with Crippen LogP contribution in [-0.2, 0) is 6.42 Å². The molecule has 3 heterocycles. The molecule has 0 aliphatic heterocycles. The molecule has 0 spiro atoms. The van der Waals surface area contributed by atoms with Gasteiger partial charge in [0.25, 0.3) is 0 Å². The Morgan fingerprint density at radius 1 is 1.15 bits per heavy atom. The summed E-state index contributed by atoms with van der Waals surface area (Å²) in [6.07, 6.45) is 5.04. The van der Waals surface area contributed by atoms with E-state index in [2.05, 4.69) is 9.97 Å². The van der Waals surface area contributed by atoms with Crippen molar-refractivity contribution in [3.05, 3.63) is 78.0 Å². The number of carboxylic acid groups (broad SMARTS) is 1. The van der Waals surface area contributed by atoms with Gasteiger partial charge in [-0.3, -0.25) is 4.98 Å². The molecule has 1 aromatic carbocycles. The van der Waals surface area contributed by atoms with E-state index in [4.69, 9.17) is 14.9 Å². The molecule has 7 heteroatoms. The van der Waals surface area contributed by atoms with Crippen LogP contribution in [0.15, 0.2) is 61.1 Å². The molecule has 0 unspecified atom stereocenters. The predicted molar refractivity (Wildman–Crippen MR) is 99.0 cm³/mol. The Kier molecular flexibility index (Phi) is 4.25. The molecule has 0 saturated carbocycles. The SMILES string of the molecule is COc1ccc2c(Cc3cncc(C(=O)O)n3)c(-c3ccccc3)nn2c1. The maximum Gasteiger partial charge on any atom is 0.356 e. The van der Waals surface area contributed by atoms with Crippen LogP contribution in [0, 0.1) is 0 Å². The van der Waals surface area contributed by atoms with E-state index >= 15 is 0 Å². The molecule has 4 rings (SSSR count). The average Bonchev–Trinajstić information content (AvgIpc) is 3.06. The van der Waals surface area contributed by atoms with Crippen LogP contribution in [0.1, 0.15) is 21.7 Å². The third-order valence-electron chi connectivity index (χ3n) is 4.25. The second-order valence-electron chi connectivity index (χ2n) is 5.97. The Morgan fingerprint density at radius 3 is 2.70 bits per heavy atom. The molecule has 0 fully saturated rings. The van der Waals surface area contributed by atoms with E-state index in [0.29, 0.717) is 17.9 Å². The highest BCUT2D eigenvalue weighted by molar-refractivity contribution is 5.84. The molecule has 3 aromatic heterocycles. The Labute approximate surface area is 154 Å². The number of carbonyl (C=O) groups is 1. The van der Waals surface area contributed by atoms with E-state index in [9.17, 15) is 4.79 Å². The van der Waals surface area contributed by atoms with E-state index in [1.54, 1.807) is 17.8 Å². The zero-order valence-electron chi connectivity index (χ0n) is 14.5. The number of aromatic carboxylic acids is 1. The van der Waals surface area contributed by atoms with Gasteiger partial charge < -0.3 is 9.84 Å². The number of carboxylic acids is 1. The lowest BCUT2D eigenvalue weighted by Crippen LogP contribution is -2.04. The summed E-state index contributed by atoms with van der Waals surface area (Å²) in [7, 11) is 1.61. The van der Waals surface area contributed by atoms with Gasteiger partial charge in [-0.05, 0) is 12.1 Å². The van der Waals surface area contributed by atoms with Crippen molar-refractivity contribution >= 4 is 11.5 Å². The van der Waals surface area contributed by atoms with Crippen LogP contribution >= 0.6 is 0 Å². The average molecular weight is 360 g/mol. The number of hydrogen-bond donors (Lipinski definition) is 1. The first-order valence-electron chi connectivity index (χ1n) is 8.30. The van der Waals surface area contributed by atoms with Gasteiger partial charge >= 0.3 is 5.97 Å². The number of hydrogen-bond acceptors (Lipinski definition) is 5. The van der Waals surface area contributed by atoms with Crippen LogP contribution < -0.4 is 4.74 Å². The van der Waals surface area contributed by atoms with Gasteiger partial charge in [0.2, 0.25) is 0 Å². The van der Waals surface area contributed by atoms with Gasteiger partial charge in [0.15, 0.2) is 5.69 Å². The standard InChI is InChI=1S/C20H16N4O3/c1-27-15-7-8-18-16(9-14-10-21-11-17(22-14)20(25)26)19(23-24(18)12-15)13-5-3-2-4-6-13/h2-8,10-12H,9H2,1H3,(H,25,26). The summed E-state index contributed by atoms with van der Waals surface area (Å²) in [5.41, 5.74) is 4.12. The molecule has 1 N–H and O–H groups in total. The first-order valence-corrected chi connectivity index (χ1v) is 8.30. The first-order chi connectivity index (χ1) is 13.2. The van der Waals surface area contributed by atoms with Crippen molar-refractivity contribution in [1.29, 1.82) is 0 Å². The van der Waals surface area contributed by atoms with Gasteiger partial charge in [-0.15, -0.1) is 0 Å². The van der Waals surface area contributed by atoms with E-state index in [-0.39, 0.29) is 5.69 Å². The minimum atomic E-state index is -1.10. The molecule has 0 atom stereocenters. The van der Waals surface area contributed by atoms with Crippen LogP contribution in [0.25, 0.3) is 16.8 Å². The zero-order chi connectivity index (χ0) is 18.8. The van der Waals surface area contributed by atoms with Crippen LogP contribution in [0.2, 0.25) is 0 Å². The number of methoxy groups -OCH3 is 1. The van der Waals surface area contributed by atoms with Gasteiger partial charge in [-0.25, -0.2) is 14.3 Å². The summed E-state index contributed by atoms with van der Waals surface area (Å²) < 4.78 is 7.06. The minimum Gasteiger partial charge on any atom is -0.495 e. The summed E-state index contributed by atoms with van der Waals surface area (Å²) in [5.74, 6) is -0.402. The van der Waals surface area contributed by atoms with Crippen molar-refractivity contribution in [3.63, 3.8) is 0 Å². The highest BCUT2D eigenvalue weighted by atomic mass is 16.5. The second-order valence-corrected chi connectivity index (χ2v) is 5.97. The van der Waals surface area contributed by atoms with E-state index in [1.165, 1.54) is 6.20 Å². The lowest BCUT2D eigenvalue weighted by molar-refractivity contribution is 0.0689. The number of pyridine rings is 1. The highest BCUT2D eigenvalue weighted by Crippen LogP contribution is 2.29. The number of benzene rings is 1. The Hall–Kier alpha value is -3.74. The maximum absolute atomic E-state index is 11.2. The summed E-state index contributed by atoms with van der Waals surface area (Å²) in [6.45, 7) is 0. The Bertz CT molecular complexity index is 1120. The van der Waals surface area contributed by atoms with Crippen molar-refractivity contribution in [2.24, 2.45) is 0 Å². The quantitative estimate of drug-likeness (QED) is 0.588. The lowest BCUT2D eigenvalue weighted by Gasteiger charge is -2.05. The molecule has 134 valence electrons. The Balaban J connectivity index is 1.87. The molecule has 0 amide bonds. The van der Waals surface area contributed by atoms with E-state index in [0.717, 1.165) is 22.3 Å². The largest absolute Gasteiger partial charge is 0.495 e. The molecule has 0 saturated heterocycles. The maximum atomic E-state index is 11.2. The molecule has 0 bridgehead atoms. The molecule has 4 aromatic rings. The first kappa shape index (κ1) is 16.7. The fraction of sp³-hybridized carbons (Fsp3) is 0.100. The number of fused-ring (bicyclic) bond motifs is 1. The predicted octanol–water partition coefficient (Wildman–Crippen LogP) is 3.09. The van der Waals surface area contributed by atoms with Gasteiger partial charge in [0.1, 0.15) is 5.75 Å². The number of rotatable bonds is 5. The smallest absolute Gasteiger partial charge is 0.356 e. The monoisotopic (exact) mass is 360 g/mol. The van der Waals surface area contributed by atoms with Crippen molar-refractivity contribution in [3.8, 4) is 17.0 Å². The molecule has 0 aliphatic carbocycles. The van der Waals surface area contributed by atoms with Crippen LogP contribution in [-0.4, -0.2) is 37.8 Å². The second kappa shape index (κ2) is 6.87. The lowest BCUT2D eigenvalue weighted by atomic mass is 10.0. The Morgan fingerprint density at radius 2 is 1.96 bits per heavy atom. The summed E-state index contributed by atoms with van der Waals surface area (Å²) in [4.78, 5) is 19.4. The van der Waals surface area contributed by atoms with Gasteiger partial charge in [-0.2, -0.15) is 5.10 Å². The number of ether oxygens (including phenoxy) is 1. The van der Waals surface area contributed by atoms with Crippen LogP contribution in [0.5, 0.6) is 5.75 Å². The fourth-order valence-corrected chi connectivity index (χ4v) is 2.98. The van der Waals surface area contributed by atoms with Crippen LogP contribution in [0.3, 0.4) is 0 Å². The molecule has 7 nitrogen and oxygen atoms in total. The topological polar surface area (TPSA) is 89.6 Å². The van der Waals surface area contributed by atoms with Crippen LogP contribution in [0.4, 0.5) is 0 Å². The minimum absolute atomic E-state index is 0.0769. The summed E-state index contributed by atoms with van der Waals surface area (Å²) in [5, 5.41) is 13.9. The molecule has 27 heavy (non-hydrogen) atoms. The van der Waals surface area contributed by atoms with E-state index < -0.39 is 5.97 Å². The normalized spacial score (nSPS) is 10.9.